The third-order valence-corrected chi connectivity index (χ3v) is 1.85. The second kappa shape index (κ2) is 3.12. The van der Waals surface area contributed by atoms with Crippen LogP contribution in [0.15, 0.2) is 12.7 Å². The number of halogens is 1. The summed E-state index contributed by atoms with van der Waals surface area (Å²) < 4.78 is 17.4. The van der Waals surface area contributed by atoms with Crippen molar-refractivity contribution in [3.63, 3.8) is 0 Å². The van der Waals surface area contributed by atoms with Crippen molar-refractivity contribution in [3.8, 4) is 0 Å². The van der Waals surface area contributed by atoms with Crippen LogP contribution in [0.25, 0.3) is 0 Å². The molecule has 0 spiro atoms. The number of ether oxygens (including phenoxy) is 1. The largest absolute Gasteiger partial charge is 0.381 e. The molecule has 1 aliphatic rings. The first-order valence-electron chi connectivity index (χ1n) is 3.35. The third-order valence-electron chi connectivity index (χ3n) is 1.85. The first-order chi connectivity index (χ1) is 4.75. The second-order valence-electron chi connectivity index (χ2n) is 2.56. The molecule has 0 aromatic heterocycles. The van der Waals surface area contributed by atoms with Gasteiger partial charge in [0.25, 0.3) is 0 Å². The van der Waals surface area contributed by atoms with E-state index >= 15 is 0 Å². The fourth-order valence-corrected chi connectivity index (χ4v) is 1.06. The standard InChI is InChI=1S/C7H12FNO/c1-2-6(7(8)9)5-3-10-4-5/h2,5-7H,1,3-4,9H2. The van der Waals surface area contributed by atoms with E-state index < -0.39 is 6.30 Å². The normalized spacial score (nSPS) is 25.0. The Morgan fingerprint density at radius 1 is 1.70 bits per heavy atom. The van der Waals surface area contributed by atoms with Crippen LogP contribution in [-0.2, 0) is 4.74 Å². The van der Waals surface area contributed by atoms with E-state index in [0.29, 0.717) is 13.2 Å². The minimum absolute atomic E-state index is 0.228. The predicted molar refractivity (Wildman–Crippen MR) is 37.1 cm³/mol. The van der Waals surface area contributed by atoms with Gasteiger partial charge in [-0.15, -0.1) is 6.58 Å². The first kappa shape index (κ1) is 7.69. The second-order valence-corrected chi connectivity index (χ2v) is 2.56. The summed E-state index contributed by atoms with van der Waals surface area (Å²) in [5, 5.41) is 0. The van der Waals surface area contributed by atoms with Crippen molar-refractivity contribution < 1.29 is 9.13 Å². The highest BCUT2D eigenvalue weighted by atomic mass is 19.1. The van der Waals surface area contributed by atoms with Crippen LogP contribution in [0.3, 0.4) is 0 Å². The lowest BCUT2D eigenvalue weighted by molar-refractivity contribution is -0.0644. The van der Waals surface area contributed by atoms with E-state index in [4.69, 9.17) is 10.5 Å². The molecule has 2 nitrogen and oxygen atoms in total. The molecule has 1 rings (SSSR count). The summed E-state index contributed by atoms with van der Waals surface area (Å²) in [5.41, 5.74) is 5.06. The van der Waals surface area contributed by atoms with Gasteiger partial charge in [-0.1, -0.05) is 6.08 Å². The van der Waals surface area contributed by atoms with Crippen LogP contribution in [-0.4, -0.2) is 19.5 Å². The molecular weight excluding hydrogens is 133 g/mol. The Hall–Kier alpha value is -0.410. The topological polar surface area (TPSA) is 35.2 Å². The molecule has 0 bridgehead atoms. The molecule has 1 aliphatic heterocycles. The van der Waals surface area contributed by atoms with Gasteiger partial charge >= 0.3 is 0 Å². The number of nitrogens with two attached hydrogens (primary N) is 1. The molecule has 3 heteroatoms. The average Bonchev–Trinajstić information content (AvgIpc) is 1.76. The summed E-state index contributed by atoms with van der Waals surface area (Å²) in [4.78, 5) is 0. The zero-order valence-electron chi connectivity index (χ0n) is 5.79. The van der Waals surface area contributed by atoms with Crippen molar-refractivity contribution in [3.05, 3.63) is 12.7 Å². The van der Waals surface area contributed by atoms with Gasteiger partial charge in [0.15, 0.2) is 6.30 Å². The maximum Gasteiger partial charge on any atom is 0.155 e. The lowest BCUT2D eigenvalue weighted by atomic mass is 9.90. The molecule has 0 saturated carbocycles. The van der Waals surface area contributed by atoms with Gasteiger partial charge in [0, 0.05) is 11.8 Å². The zero-order chi connectivity index (χ0) is 7.56. The highest BCUT2D eigenvalue weighted by molar-refractivity contribution is 4.90. The highest BCUT2D eigenvalue weighted by Crippen LogP contribution is 2.24. The molecule has 0 aromatic carbocycles. The van der Waals surface area contributed by atoms with Crippen LogP contribution in [0.5, 0.6) is 0 Å². The van der Waals surface area contributed by atoms with Crippen LogP contribution in [0.4, 0.5) is 4.39 Å². The van der Waals surface area contributed by atoms with Gasteiger partial charge in [-0.2, -0.15) is 0 Å². The van der Waals surface area contributed by atoms with E-state index in [0.717, 1.165) is 0 Å². The van der Waals surface area contributed by atoms with Crippen molar-refractivity contribution in [1.29, 1.82) is 0 Å². The molecule has 0 aliphatic carbocycles. The molecular formula is C7H12FNO. The number of alkyl halides is 1. The molecule has 2 atom stereocenters. The zero-order valence-corrected chi connectivity index (χ0v) is 5.79. The van der Waals surface area contributed by atoms with Crippen LogP contribution in [0.1, 0.15) is 0 Å². The number of rotatable bonds is 3. The molecule has 1 saturated heterocycles. The average molecular weight is 145 g/mol. The van der Waals surface area contributed by atoms with E-state index in [-0.39, 0.29) is 11.8 Å². The van der Waals surface area contributed by atoms with Crippen LogP contribution in [0.2, 0.25) is 0 Å². The summed E-state index contributed by atoms with van der Waals surface area (Å²) in [6.07, 6.45) is 0.282. The predicted octanol–water partition coefficient (Wildman–Crippen LogP) is 0.689. The van der Waals surface area contributed by atoms with E-state index in [1.54, 1.807) is 6.08 Å². The summed E-state index contributed by atoms with van der Waals surface area (Å²) >= 11 is 0. The maximum absolute atomic E-state index is 12.5. The molecule has 0 radical (unpaired) electrons. The SMILES string of the molecule is C=CC(C(N)F)C1COC1. The summed E-state index contributed by atoms with van der Waals surface area (Å²) in [6, 6.07) is 0. The molecule has 10 heavy (non-hydrogen) atoms. The fourth-order valence-electron chi connectivity index (χ4n) is 1.06. The van der Waals surface area contributed by atoms with Crippen molar-refractivity contribution in [2.75, 3.05) is 13.2 Å². The molecule has 0 aromatic rings. The third kappa shape index (κ3) is 1.36. The molecule has 1 heterocycles. The minimum Gasteiger partial charge on any atom is -0.381 e. The molecule has 0 amide bonds. The fraction of sp³-hybridized carbons (Fsp3) is 0.714. The Balaban J connectivity index is 2.38. The van der Waals surface area contributed by atoms with Gasteiger partial charge < -0.3 is 10.5 Å². The Bertz CT molecular complexity index is 123. The van der Waals surface area contributed by atoms with E-state index in [1.807, 2.05) is 0 Å². The van der Waals surface area contributed by atoms with Gasteiger partial charge in [0.05, 0.1) is 13.2 Å². The quantitative estimate of drug-likeness (QED) is 0.468. The lowest BCUT2D eigenvalue weighted by Gasteiger charge is -2.32. The minimum atomic E-state index is -1.29. The van der Waals surface area contributed by atoms with Crippen LogP contribution >= 0.6 is 0 Å². The van der Waals surface area contributed by atoms with E-state index in [9.17, 15) is 4.39 Å². The van der Waals surface area contributed by atoms with Crippen molar-refractivity contribution in [2.24, 2.45) is 17.6 Å². The van der Waals surface area contributed by atoms with E-state index in [2.05, 4.69) is 6.58 Å². The Morgan fingerprint density at radius 2 is 2.30 bits per heavy atom. The van der Waals surface area contributed by atoms with Gasteiger partial charge in [-0.3, -0.25) is 0 Å². The highest BCUT2D eigenvalue weighted by Gasteiger charge is 2.30. The van der Waals surface area contributed by atoms with Gasteiger partial charge in [-0.25, -0.2) is 4.39 Å². The Kier molecular flexibility index (Phi) is 2.40. The van der Waals surface area contributed by atoms with Gasteiger partial charge in [0.1, 0.15) is 0 Å². The summed E-state index contributed by atoms with van der Waals surface area (Å²) in [6.45, 7) is 4.75. The van der Waals surface area contributed by atoms with Crippen LogP contribution < -0.4 is 5.73 Å². The van der Waals surface area contributed by atoms with Crippen molar-refractivity contribution in [1.82, 2.24) is 0 Å². The smallest absolute Gasteiger partial charge is 0.155 e. The van der Waals surface area contributed by atoms with Gasteiger partial charge in [0.2, 0.25) is 0 Å². The molecule has 2 N–H and O–H groups in total. The van der Waals surface area contributed by atoms with Gasteiger partial charge in [-0.05, 0) is 0 Å². The maximum atomic E-state index is 12.5. The Labute approximate surface area is 59.9 Å². The Morgan fingerprint density at radius 3 is 2.40 bits per heavy atom. The van der Waals surface area contributed by atoms with E-state index in [1.165, 1.54) is 0 Å². The summed E-state index contributed by atoms with van der Waals surface area (Å²) in [5.74, 6) is 0.0197. The number of hydrogen-bond acceptors (Lipinski definition) is 2. The van der Waals surface area contributed by atoms with Crippen LogP contribution in [0, 0.1) is 11.8 Å². The summed E-state index contributed by atoms with van der Waals surface area (Å²) in [7, 11) is 0. The molecule has 2 unspecified atom stereocenters. The number of hydrogen-bond donors (Lipinski definition) is 1. The first-order valence-corrected chi connectivity index (χ1v) is 3.35. The lowest BCUT2D eigenvalue weighted by Crippen LogP contribution is -2.40. The molecule has 58 valence electrons. The molecule has 1 fully saturated rings. The van der Waals surface area contributed by atoms with Crippen molar-refractivity contribution >= 4 is 0 Å². The van der Waals surface area contributed by atoms with Crippen molar-refractivity contribution in [2.45, 2.75) is 6.30 Å². The monoisotopic (exact) mass is 145 g/mol.